The fourth-order valence-corrected chi connectivity index (χ4v) is 2.26. The van der Waals surface area contributed by atoms with Crippen LogP contribution < -0.4 is 4.90 Å². The predicted molar refractivity (Wildman–Crippen MR) is 64.2 cm³/mol. The van der Waals surface area contributed by atoms with Crippen LogP contribution in [0, 0.1) is 6.92 Å². The van der Waals surface area contributed by atoms with Crippen molar-refractivity contribution in [2.24, 2.45) is 0 Å². The first-order valence-corrected chi connectivity index (χ1v) is 5.67. The number of hydrogen-bond donors (Lipinski definition) is 1. The molecular weight excluding hydrogens is 202 g/mol. The molecule has 1 saturated carbocycles. The first kappa shape index (κ1) is 11.0. The average molecular weight is 219 g/mol. The number of para-hydroxylation sites is 1. The molecule has 0 radical (unpaired) electrons. The maximum atomic E-state index is 11.2. The number of carboxylic acids is 1. The first-order valence-electron chi connectivity index (χ1n) is 5.67. The van der Waals surface area contributed by atoms with Crippen molar-refractivity contribution in [2.45, 2.75) is 32.2 Å². The van der Waals surface area contributed by atoms with Crippen LogP contribution in [0.1, 0.15) is 35.2 Å². The molecule has 3 nitrogen and oxygen atoms in total. The minimum atomic E-state index is -0.843. The van der Waals surface area contributed by atoms with Crippen LogP contribution in [-0.2, 0) is 0 Å². The lowest BCUT2D eigenvalue weighted by Crippen LogP contribution is -2.38. The number of aryl methyl sites for hydroxylation is 1. The van der Waals surface area contributed by atoms with E-state index in [0.717, 1.165) is 11.3 Å². The molecule has 1 aliphatic rings. The maximum absolute atomic E-state index is 11.2. The van der Waals surface area contributed by atoms with Gasteiger partial charge in [-0.15, -0.1) is 0 Å². The molecule has 0 aliphatic heterocycles. The summed E-state index contributed by atoms with van der Waals surface area (Å²) in [5, 5.41) is 9.18. The van der Waals surface area contributed by atoms with Crippen molar-refractivity contribution >= 4 is 11.7 Å². The number of anilines is 1. The Morgan fingerprint density at radius 2 is 2.12 bits per heavy atom. The first-order chi connectivity index (χ1) is 7.61. The highest BCUT2D eigenvalue weighted by Gasteiger charge is 2.26. The Morgan fingerprint density at radius 1 is 1.44 bits per heavy atom. The SMILES string of the molecule is Cc1cccc(C(=O)O)c1N(C)C1CCC1. The smallest absolute Gasteiger partial charge is 0.337 e. The van der Waals surface area contributed by atoms with E-state index in [1.165, 1.54) is 19.3 Å². The van der Waals surface area contributed by atoms with Gasteiger partial charge in [0.1, 0.15) is 0 Å². The summed E-state index contributed by atoms with van der Waals surface area (Å²) in [7, 11) is 2.00. The third kappa shape index (κ3) is 1.77. The highest BCUT2D eigenvalue weighted by molar-refractivity contribution is 5.95. The Balaban J connectivity index is 2.40. The second-order valence-electron chi connectivity index (χ2n) is 4.47. The summed E-state index contributed by atoms with van der Waals surface area (Å²) in [6, 6.07) is 5.97. The molecule has 0 amide bonds. The largest absolute Gasteiger partial charge is 0.478 e. The highest BCUT2D eigenvalue weighted by Crippen LogP contribution is 2.32. The van der Waals surface area contributed by atoms with E-state index in [1.807, 2.05) is 20.0 Å². The third-order valence-electron chi connectivity index (χ3n) is 3.44. The van der Waals surface area contributed by atoms with Gasteiger partial charge in [0.2, 0.25) is 0 Å². The van der Waals surface area contributed by atoms with Gasteiger partial charge in [0.15, 0.2) is 0 Å². The molecular formula is C13H17NO2. The van der Waals surface area contributed by atoms with Gasteiger partial charge >= 0.3 is 5.97 Å². The van der Waals surface area contributed by atoms with E-state index in [0.29, 0.717) is 11.6 Å². The van der Waals surface area contributed by atoms with Crippen LogP contribution in [0.3, 0.4) is 0 Å². The molecule has 1 aliphatic carbocycles. The van der Waals surface area contributed by atoms with E-state index in [1.54, 1.807) is 12.1 Å². The lowest BCUT2D eigenvalue weighted by Gasteiger charge is -2.37. The van der Waals surface area contributed by atoms with Gasteiger partial charge < -0.3 is 10.0 Å². The van der Waals surface area contributed by atoms with Gasteiger partial charge in [0, 0.05) is 13.1 Å². The summed E-state index contributed by atoms with van der Waals surface area (Å²) in [6.45, 7) is 1.97. The molecule has 0 saturated heterocycles. The van der Waals surface area contributed by atoms with Gasteiger partial charge in [-0.3, -0.25) is 0 Å². The van der Waals surface area contributed by atoms with Crippen molar-refractivity contribution in [2.75, 3.05) is 11.9 Å². The van der Waals surface area contributed by atoms with E-state index >= 15 is 0 Å². The molecule has 86 valence electrons. The predicted octanol–water partition coefficient (Wildman–Crippen LogP) is 2.68. The Morgan fingerprint density at radius 3 is 2.62 bits per heavy atom. The van der Waals surface area contributed by atoms with Crippen LogP contribution in [0.25, 0.3) is 0 Å². The molecule has 3 heteroatoms. The van der Waals surface area contributed by atoms with Crippen LogP contribution in [0.4, 0.5) is 5.69 Å². The molecule has 1 aromatic rings. The zero-order chi connectivity index (χ0) is 11.7. The Labute approximate surface area is 95.7 Å². The second kappa shape index (κ2) is 4.16. The summed E-state index contributed by atoms with van der Waals surface area (Å²) in [5.74, 6) is -0.843. The number of aromatic carboxylic acids is 1. The summed E-state index contributed by atoms with van der Waals surface area (Å²) in [6.07, 6.45) is 3.59. The van der Waals surface area contributed by atoms with Crippen LogP contribution >= 0.6 is 0 Å². The Kier molecular flexibility index (Phi) is 2.86. The molecule has 0 unspecified atom stereocenters. The molecule has 0 bridgehead atoms. The molecule has 0 spiro atoms. The number of benzene rings is 1. The quantitative estimate of drug-likeness (QED) is 0.849. The fraction of sp³-hybridized carbons (Fsp3) is 0.462. The topological polar surface area (TPSA) is 40.5 Å². The van der Waals surface area contributed by atoms with E-state index < -0.39 is 5.97 Å². The highest BCUT2D eigenvalue weighted by atomic mass is 16.4. The number of carbonyl (C=O) groups is 1. The number of hydrogen-bond acceptors (Lipinski definition) is 2. The van der Waals surface area contributed by atoms with Crippen molar-refractivity contribution in [1.29, 1.82) is 0 Å². The minimum absolute atomic E-state index is 0.411. The van der Waals surface area contributed by atoms with Gasteiger partial charge in [0.25, 0.3) is 0 Å². The fourth-order valence-electron chi connectivity index (χ4n) is 2.26. The Bertz CT molecular complexity index is 410. The summed E-state index contributed by atoms with van der Waals surface area (Å²) < 4.78 is 0. The molecule has 1 N–H and O–H groups in total. The zero-order valence-corrected chi connectivity index (χ0v) is 9.73. The lowest BCUT2D eigenvalue weighted by molar-refractivity contribution is 0.0697. The summed E-state index contributed by atoms with van der Waals surface area (Å²) >= 11 is 0. The van der Waals surface area contributed by atoms with Crippen molar-refractivity contribution < 1.29 is 9.90 Å². The van der Waals surface area contributed by atoms with E-state index in [4.69, 9.17) is 0 Å². The van der Waals surface area contributed by atoms with Crippen LogP contribution in [-0.4, -0.2) is 24.2 Å². The van der Waals surface area contributed by atoms with E-state index in [9.17, 15) is 9.90 Å². The molecule has 1 aromatic carbocycles. The van der Waals surface area contributed by atoms with Gasteiger partial charge in [-0.25, -0.2) is 4.79 Å². The maximum Gasteiger partial charge on any atom is 0.337 e. The monoisotopic (exact) mass is 219 g/mol. The van der Waals surface area contributed by atoms with E-state index in [2.05, 4.69) is 4.90 Å². The zero-order valence-electron chi connectivity index (χ0n) is 9.73. The molecule has 0 heterocycles. The van der Waals surface area contributed by atoms with Gasteiger partial charge in [0.05, 0.1) is 11.3 Å². The number of carboxylic acid groups (broad SMARTS) is 1. The van der Waals surface area contributed by atoms with Gasteiger partial charge in [-0.05, 0) is 37.8 Å². The van der Waals surface area contributed by atoms with Crippen LogP contribution in [0.5, 0.6) is 0 Å². The standard InChI is InChI=1S/C13H17NO2/c1-9-5-3-8-11(13(15)16)12(9)14(2)10-6-4-7-10/h3,5,8,10H,4,6-7H2,1-2H3,(H,15,16). The van der Waals surface area contributed by atoms with Crippen LogP contribution in [0.15, 0.2) is 18.2 Å². The van der Waals surface area contributed by atoms with Crippen molar-refractivity contribution in [3.63, 3.8) is 0 Å². The summed E-state index contributed by atoms with van der Waals surface area (Å²) in [4.78, 5) is 13.3. The summed E-state index contributed by atoms with van der Waals surface area (Å²) in [5.41, 5.74) is 2.32. The second-order valence-corrected chi connectivity index (χ2v) is 4.47. The van der Waals surface area contributed by atoms with Gasteiger partial charge in [-0.2, -0.15) is 0 Å². The van der Waals surface area contributed by atoms with Crippen molar-refractivity contribution in [3.05, 3.63) is 29.3 Å². The van der Waals surface area contributed by atoms with Crippen molar-refractivity contribution in [3.8, 4) is 0 Å². The van der Waals surface area contributed by atoms with Crippen molar-refractivity contribution in [1.82, 2.24) is 0 Å². The van der Waals surface area contributed by atoms with Crippen LogP contribution in [0.2, 0.25) is 0 Å². The third-order valence-corrected chi connectivity index (χ3v) is 3.44. The minimum Gasteiger partial charge on any atom is -0.478 e. The number of rotatable bonds is 3. The Hall–Kier alpha value is -1.51. The lowest BCUT2D eigenvalue weighted by atomic mass is 9.90. The molecule has 1 fully saturated rings. The molecule has 16 heavy (non-hydrogen) atoms. The average Bonchev–Trinajstić information content (AvgIpc) is 2.14. The van der Waals surface area contributed by atoms with Gasteiger partial charge in [-0.1, -0.05) is 12.1 Å². The molecule has 0 aromatic heterocycles. The number of nitrogens with zero attached hydrogens (tertiary/aromatic N) is 1. The molecule has 0 atom stereocenters. The van der Waals surface area contributed by atoms with E-state index in [-0.39, 0.29) is 0 Å². The normalized spacial score (nSPS) is 15.6. The molecule has 2 rings (SSSR count).